The minimum atomic E-state index is 0.663. The summed E-state index contributed by atoms with van der Waals surface area (Å²) in [6.45, 7) is 3.77. The Labute approximate surface area is 119 Å². The highest BCUT2D eigenvalue weighted by atomic mass is 15.0. The number of hydrogen-bond donors (Lipinski definition) is 2. The van der Waals surface area contributed by atoms with Crippen LogP contribution >= 0.6 is 0 Å². The van der Waals surface area contributed by atoms with Gasteiger partial charge in [0.25, 0.3) is 0 Å². The van der Waals surface area contributed by atoms with Crippen molar-refractivity contribution in [3.63, 3.8) is 0 Å². The topological polar surface area (TPSA) is 63.8 Å². The van der Waals surface area contributed by atoms with Crippen LogP contribution in [0.25, 0.3) is 11.0 Å². The Balaban J connectivity index is 1.75. The van der Waals surface area contributed by atoms with E-state index in [4.69, 9.17) is 5.73 Å². The number of fused-ring (bicyclic) bond motifs is 1. The van der Waals surface area contributed by atoms with Crippen LogP contribution in [0.2, 0.25) is 0 Å². The Morgan fingerprint density at radius 2 is 1.85 bits per heavy atom. The summed E-state index contributed by atoms with van der Waals surface area (Å²) in [6, 6.07) is 8.00. The third-order valence-corrected chi connectivity index (χ3v) is 4.40. The second kappa shape index (κ2) is 5.75. The highest BCUT2D eigenvalue weighted by molar-refractivity contribution is 5.76. The van der Waals surface area contributed by atoms with Crippen LogP contribution in [0.3, 0.4) is 0 Å². The zero-order valence-electron chi connectivity index (χ0n) is 12.0. The first-order chi connectivity index (χ1) is 9.78. The molecule has 4 nitrogen and oxygen atoms in total. The second-order valence-electron chi connectivity index (χ2n) is 5.71. The molecule has 1 saturated carbocycles. The number of nitrogens with two attached hydrogens (primary N) is 1. The molecule has 2 aromatic rings. The van der Waals surface area contributed by atoms with Gasteiger partial charge in [0.05, 0.1) is 16.7 Å². The molecule has 2 unspecified atom stereocenters. The first-order valence-electron chi connectivity index (χ1n) is 7.45. The Kier molecular flexibility index (Phi) is 3.83. The first-order valence-corrected chi connectivity index (χ1v) is 7.45. The molecule has 0 aliphatic heterocycles. The van der Waals surface area contributed by atoms with E-state index in [0.29, 0.717) is 11.8 Å². The fraction of sp³-hybridized carbons (Fsp3) is 0.500. The maximum absolute atomic E-state index is 5.84. The number of aromatic nitrogens is 2. The van der Waals surface area contributed by atoms with Gasteiger partial charge in [0, 0.05) is 6.54 Å². The van der Waals surface area contributed by atoms with E-state index in [2.05, 4.69) is 15.3 Å². The van der Waals surface area contributed by atoms with Crippen molar-refractivity contribution >= 4 is 16.9 Å². The number of hydrogen-bond acceptors (Lipinski definition) is 4. The highest BCUT2D eigenvalue weighted by Gasteiger charge is 2.25. The minimum Gasteiger partial charge on any atom is -0.368 e. The lowest BCUT2D eigenvalue weighted by Crippen LogP contribution is -2.24. The van der Waals surface area contributed by atoms with Crippen LogP contribution in [-0.4, -0.2) is 23.1 Å². The van der Waals surface area contributed by atoms with Crippen molar-refractivity contribution in [1.29, 1.82) is 0 Å². The molecule has 1 aromatic heterocycles. The van der Waals surface area contributed by atoms with E-state index >= 15 is 0 Å². The van der Waals surface area contributed by atoms with E-state index in [1.165, 1.54) is 19.3 Å². The normalized spacial score (nSPS) is 22.3. The molecule has 106 valence electrons. The molecule has 1 aliphatic carbocycles. The predicted molar refractivity (Wildman–Crippen MR) is 82.7 cm³/mol. The van der Waals surface area contributed by atoms with Crippen molar-refractivity contribution in [3.8, 4) is 0 Å². The zero-order chi connectivity index (χ0) is 13.9. The summed E-state index contributed by atoms with van der Waals surface area (Å²) in [5.74, 6) is 2.25. The average Bonchev–Trinajstić information content (AvgIpc) is 2.92. The number of anilines is 1. The lowest BCUT2D eigenvalue weighted by Gasteiger charge is -2.19. The summed E-state index contributed by atoms with van der Waals surface area (Å²) in [6.07, 6.45) is 3.84. The number of aryl methyl sites for hydroxylation is 1. The van der Waals surface area contributed by atoms with E-state index < -0.39 is 0 Å². The molecule has 1 aliphatic rings. The number of para-hydroxylation sites is 2. The molecule has 0 bridgehead atoms. The molecular weight excluding hydrogens is 248 g/mol. The van der Waals surface area contributed by atoms with Crippen LogP contribution in [0.15, 0.2) is 24.3 Å². The van der Waals surface area contributed by atoms with Gasteiger partial charge >= 0.3 is 0 Å². The molecule has 20 heavy (non-hydrogen) atoms. The third kappa shape index (κ3) is 2.61. The van der Waals surface area contributed by atoms with Crippen molar-refractivity contribution < 1.29 is 0 Å². The standard InChI is InChI=1S/C16H22N4/c1-11-16(18-10-13-6-4-5-12(13)9-17)20-15-8-3-2-7-14(15)19-11/h2-3,7-8,12-13H,4-6,9-10,17H2,1H3,(H,18,20). The lowest BCUT2D eigenvalue weighted by atomic mass is 9.96. The van der Waals surface area contributed by atoms with Crippen molar-refractivity contribution in [3.05, 3.63) is 30.0 Å². The molecule has 0 saturated heterocycles. The summed E-state index contributed by atoms with van der Waals surface area (Å²) in [7, 11) is 0. The molecule has 3 rings (SSSR count). The largest absolute Gasteiger partial charge is 0.368 e. The molecule has 0 radical (unpaired) electrons. The molecule has 0 spiro atoms. The van der Waals surface area contributed by atoms with Crippen LogP contribution in [0, 0.1) is 18.8 Å². The Bertz CT molecular complexity index is 596. The number of benzene rings is 1. The van der Waals surface area contributed by atoms with E-state index in [9.17, 15) is 0 Å². The van der Waals surface area contributed by atoms with Crippen molar-refractivity contribution in [2.45, 2.75) is 26.2 Å². The Morgan fingerprint density at radius 1 is 1.15 bits per heavy atom. The summed E-state index contributed by atoms with van der Waals surface area (Å²) in [5, 5.41) is 3.48. The van der Waals surface area contributed by atoms with Gasteiger partial charge in [0.15, 0.2) is 0 Å². The van der Waals surface area contributed by atoms with Crippen molar-refractivity contribution in [2.75, 3.05) is 18.4 Å². The van der Waals surface area contributed by atoms with E-state index in [-0.39, 0.29) is 0 Å². The summed E-state index contributed by atoms with van der Waals surface area (Å²) in [4.78, 5) is 9.29. The van der Waals surface area contributed by atoms with Gasteiger partial charge in [-0.25, -0.2) is 9.97 Å². The minimum absolute atomic E-state index is 0.663. The van der Waals surface area contributed by atoms with E-state index in [0.717, 1.165) is 35.6 Å². The van der Waals surface area contributed by atoms with Gasteiger partial charge < -0.3 is 11.1 Å². The predicted octanol–water partition coefficient (Wildman–Crippen LogP) is 2.73. The Morgan fingerprint density at radius 3 is 2.60 bits per heavy atom. The van der Waals surface area contributed by atoms with Crippen molar-refractivity contribution in [2.24, 2.45) is 17.6 Å². The molecule has 1 aromatic carbocycles. The van der Waals surface area contributed by atoms with Gasteiger partial charge in [0.1, 0.15) is 5.82 Å². The molecule has 4 heteroatoms. The third-order valence-electron chi connectivity index (χ3n) is 4.40. The maximum atomic E-state index is 5.84. The maximum Gasteiger partial charge on any atom is 0.148 e. The lowest BCUT2D eigenvalue weighted by molar-refractivity contribution is 0.414. The van der Waals surface area contributed by atoms with E-state index in [1.54, 1.807) is 0 Å². The molecular formula is C16H22N4. The second-order valence-corrected chi connectivity index (χ2v) is 5.71. The Hall–Kier alpha value is -1.68. The van der Waals surface area contributed by atoms with Crippen LogP contribution in [-0.2, 0) is 0 Å². The fourth-order valence-corrected chi connectivity index (χ4v) is 3.18. The van der Waals surface area contributed by atoms with Crippen LogP contribution in [0.1, 0.15) is 25.0 Å². The molecule has 3 N–H and O–H groups in total. The summed E-state index contributed by atoms with van der Waals surface area (Å²) in [5.41, 5.74) is 8.71. The van der Waals surface area contributed by atoms with Crippen LogP contribution in [0.5, 0.6) is 0 Å². The van der Waals surface area contributed by atoms with Gasteiger partial charge in [-0.3, -0.25) is 0 Å². The van der Waals surface area contributed by atoms with E-state index in [1.807, 2.05) is 31.2 Å². The molecule has 0 amide bonds. The van der Waals surface area contributed by atoms with Crippen LogP contribution < -0.4 is 11.1 Å². The molecule has 1 fully saturated rings. The molecule has 1 heterocycles. The fourth-order valence-electron chi connectivity index (χ4n) is 3.18. The number of rotatable bonds is 4. The summed E-state index contributed by atoms with van der Waals surface area (Å²) < 4.78 is 0. The SMILES string of the molecule is Cc1nc2ccccc2nc1NCC1CCCC1CN. The van der Waals surface area contributed by atoms with Gasteiger partial charge in [-0.1, -0.05) is 18.6 Å². The number of nitrogens with one attached hydrogen (secondary N) is 1. The van der Waals surface area contributed by atoms with Crippen LogP contribution in [0.4, 0.5) is 5.82 Å². The molecule has 2 atom stereocenters. The summed E-state index contributed by atoms with van der Waals surface area (Å²) >= 11 is 0. The van der Waals surface area contributed by atoms with Gasteiger partial charge in [-0.15, -0.1) is 0 Å². The van der Waals surface area contributed by atoms with Crippen molar-refractivity contribution in [1.82, 2.24) is 9.97 Å². The quantitative estimate of drug-likeness (QED) is 0.896. The monoisotopic (exact) mass is 270 g/mol. The smallest absolute Gasteiger partial charge is 0.148 e. The van der Waals surface area contributed by atoms with Gasteiger partial charge in [-0.05, 0) is 50.3 Å². The van der Waals surface area contributed by atoms with Gasteiger partial charge in [-0.2, -0.15) is 0 Å². The first kappa shape index (κ1) is 13.3. The highest BCUT2D eigenvalue weighted by Crippen LogP contribution is 2.31. The average molecular weight is 270 g/mol. The van der Waals surface area contributed by atoms with Gasteiger partial charge in [0.2, 0.25) is 0 Å². The zero-order valence-corrected chi connectivity index (χ0v) is 12.0. The number of nitrogens with zero attached hydrogens (tertiary/aromatic N) is 2.